The van der Waals surface area contributed by atoms with Crippen LogP contribution in [0.3, 0.4) is 0 Å². The summed E-state index contributed by atoms with van der Waals surface area (Å²) in [4.78, 5) is 11.8. The van der Waals surface area contributed by atoms with E-state index in [-0.39, 0.29) is 11.8 Å². The van der Waals surface area contributed by atoms with E-state index in [1.54, 1.807) is 6.92 Å². The van der Waals surface area contributed by atoms with Crippen molar-refractivity contribution in [3.63, 3.8) is 0 Å². The normalized spacial score (nSPS) is 11.3. The average Bonchev–Trinajstić information content (AvgIpc) is 3.08. The smallest absolute Gasteiger partial charge is 0.159 e. The van der Waals surface area contributed by atoms with Crippen LogP contribution in [-0.2, 0) is 0 Å². The molecule has 1 aromatic heterocycles. The number of hydrogen-bond acceptors (Lipinski definition) is 1. The molecular formula is C25H23NO. The Labute approximate surface area is 160 Å². The fourth-order valence-corrected chi connectivity index (χ4v) is 3.86. The number of ketones is 1. The van der Waals surface area contributed by atoms with Crippen molar-refractivity contribution in [3.05, 3.63) is 107 Å². The minimum atomic E-state index is 0.0908. The van der Waals surface area contributed by atoms with E-state index in [1.807, 2.05) is 12.1 Å². The number of nitrogens with zero attached hydrogens (tertiary/aromatic N) is 1. The second-order valence-electron chi connectivity index (χ2n) is 7.17. The molecule has 27 heavy (non-hydrogen) atoms. The van der Waals surface area contributed by atoms with E-state index in [0.717, 1.165) is 16.5 Å². The van der Waals surface area contributed by atoms with Gasteiger partial charge in [-0.1, -0.05) is 48.5 Å². The average molecular weight is 353 g/mol. The Hall–Kier alpha value is -3.13. The van der Waals surface area contributed by atoms with Gasteiger partial charge in [0.2, 0.25) is 0 Å². The minimum absolute atomic E-state index is 0.0908. The summed E-state index contributed by atoms with van der Waals surface area (Å²) in [5.74, 6) is 0.0963. The lowest BCUT2D eigenvalue weighted by Gasteiger charge is -2.25. The van der Waals surface area contributed by atoms with Crippen LogP contribution in [0.15, 0.2) is 79.0 Å². The molecule has 0 atom stereocenters. The highest BCUT2D eigenvalue weighted by molar-refractivity contribution is 5.98. The molecule has 1 heterocycles. The van der Waals surface area contributed by atoms with Crippen molar-refractivity contribution in [2.24, 2.45) is 0 Å². The zero-order valence-corrected chi connectivity index (χ0v) is 15.9. The molecule has 2 heteroatoms. The van der Waals surface area contributed by atoms with Crippen LogP contribution >= 0.6 is 0 Å². The van der Waals surface area contributed by atoms with Crippen LogP contribution in [0.25, 0.3) is 10.9 Å². The van der Waals surface area contributed by atoms with E-state index in [2.05, 4.69) is 85.3 Å². The molecular weight excluding hydrogens is 330 g/mol. The van der Waals surface area contributed by atoms with Crippen molar-refractivity contribution < 1.29 is 4.79 Å². The summed E-state index contributed by atoms with van der Waals surface area (Å²) in [7, 11) is 0. The summed E-state index contributed by atoms with van der Waals surface area (Å²) in [5, 5.41) is 1.09. The van der Waals surface area contributed by atoms with Gasteiger partial charge in [0.25, 0.3) is 0 Å². The topological polar surface area (TPSA) is 22.0 Å². The maximum Gasteiger partial charge on any atom is 0.159 e. The van der Waals surface area contributed by atoms with Gasteiger partial charge in [0, 0.05) is 22.7 Å². The number of fused-ring (bicyclic) bond motifs is 1. The minimum Gasteiger partial charge on any atom is -0.336 e. The molecule has 2 nitrogen and oxygen atoms in total. The summed E-state index contributed by atoms with van der Waals surface area (Å²) < 4.78 is 2.32. The highest BCUT2D eigenvalue weighted by Crippen LogP contribution is 2.34. The molecule has 0 amide bonds. The largest absolute Gasteiger partial charge is 0.336 e. The summed E-state index contributed by atoms with van der Waals surface area (Å²) in [6.45, 7) is 5.95. The fourth-order valence-electron chi connectivity index (χ4n) is 3.86. The monoisotopic (exact) mass is 353 g/mol. The van der Waals surface area contributed by atoms with Crippen LogP contribution in [0.1, 0.15) is 45.6 Å². The van der Waals surface area contributed by atoms with E-state index in [0.29, 0.717) is 0 Å². The lowest BCUT2D eigenvalue weighted by molar-refractivity contribution is 0.101. The Balaban J connectivity index is 1.97. The first-order valence-corrected chi connectivity index (χ1v) is 9.29. The van der Waals surface area contributed by atoms with E-state index >= 15 is 0 Å². The van der Waals surface area contributed by atoms with Gasteiger partial charge >= 0.3 is 0 Å². The van der Waals surface area contributed by atoms with Crippen LogP contribution in [0, 0.1) is 13.8 Å². The summed E-state index contributed by atoms with van der Waals surface area (Å²) in [6.07, 6.45) is 2.14. The van der Waals surface area contributed by atoms with Crippen LogP contribution in [-0.4, -0.2) is 10.4 Å². The predicted octanol–water partition coefficient (Wildman–Crippen LogP) is 6.10. The second kappa shape index (κ2) is 6.88. The molecule has 0 saturated carbocycles. The molecule has 0 aliphatic rings. The standard InChI is InChI=1S/C25H23NO/c1-17-8-4-6-10-22(17)25(23-11-7-5-9-18(23)2)26-15-14-21-16-20(19(3)27)12-13-24(21)26/h4-16,25H,1-3H3. The first-order valence-electron chi connectivity index (χ1n) is 9.29. The number of hydrogen-bond donors (Lipinski definition) is 0. The highest BCUT2D eigenvalue weighted by Gasteiger charge is 2.21. The molecule has 0 saturated heterocycles. The first kappa shape index (κ1) is 17.3. The molecule has 0 bridgehead atoms. The number of benzene rings is 3. The Morgan fingerprint density at radius 2 is 1.41 bits per heavy atom. The molecule has 0 fully saturated rings. The molecule has 0 aliphatic heterocycles. The first-order chi connectivity index (χ1) is 13.1. The number of Topliss-reactive ketones (excluding diaryl/α,β-unsaturated/α-hetero) is 1. The lowest BCUT2D eigenvalue weighted by atomic mass is 9.92. The molecule has 134 valence electrons. The van der Waals surface area contributed by atoms with Gasteiger partial charge in [0.15, 0.2) is 5.78 Å². The van der Waals surface area contributed by atoms with Crippen LogP contribution < -0.4 is 0 Å². The number of aryl methyl sites for hydroxylation is 2. The zero-order chi connectivity index (χ0) is 19.0. The summed E-state index contributed by atoms with van der Waals surface area (Å²) in [6, 6.07) is 25.3. The lowest BCUT2D eigenvalue weighted by Crippen LogP contribution is -2.14. The molecule has 0 unspecified atom stereocenters. The molecule has 4 aromatic rings. The van der Waals surface area contributed by atoms with Crippen LogP contribution in [0.4, 0.5) is 0 Å². The van der Waals surface area contributed by atoms with Gasteiger partial charge in [0.05, 0.1) is 6.04 Å². The van der Waals surface area contributed by atoms with E-state index in [1.165, 1.54) is 22.3 Å². The molecule has 0 radical (unpaired) electrons. The third-order valence-electron chi connectivity index (χ3n) is 5.37. The Morgan fingerprint density at radius 1 is 0.815 bits per heavy atom. The van der Waals surface area contributed by atoms with E-state index in [9.17, 15) is 4.79 Å². The number of aromatic nitrogens is 1. The van der Waals surface area contributed by atoms with Crippen molar-refractivity contribution in [3.8, 4) is 0 Å². The van der Waals surface area contributed by atoms with E-state index in [4.69, 9.17) is 0 Å². The van der Waals surface area contributed by atoms with E-state index < -0.39 is 0 Å². The van der Waals surface area contributed by atoms with Crippen LogP contribution in [0.5, 0.6) is 0 Å². The molecule has 0 N–H and O–H groups in total. The van der Waals surface area contributed by atoms with Gasteiger partial charge in [0.1, 0.15) is 0 Å². The van der Waals surface area contributed by atoms with Crippen LogP contribution in [0.2, 0.25) is 0 Å². The van der Waals surface area contributed by atoms with Gasteiger partial charge in [-0.3, -0.25) is 4.79 Å². The Bertz CT molecular complexity index is 1090. The molecule has 0 aliphatic carbocycles. The molecule has 4 rings (SSSR count). The SMILES string of the molecule is CC(=O)c1ccc2c(ccn2C(c2ccccc2C)c2ccccc2C)c1. The van der Waals surface area contributed by atoms with Crippen molar-refractivity contribution in [1.82, 2.24) is 4.57 Å². The Morgan fingerprint density at radius 3 is 1.96 bits per heavy atom. The van der Waals surface area contributed by atoms with Crippen molar-refractivity contribution >= 4 is 16.7 Å². The maximum absolute atomic E-state index is 11.8. The van der Waals surface area contributed by atoms with Crippen molar-refractivity contribution in [1.29, 1.82) is 0 Å². The van der Waals surface area contributed by atoms with Crippen molar-refractivity contribution in [2.45, 2.75) is 26.8 Å². The van der Waals surface area contributed by atoms with Gasteiger partial charge < -0.3 is 4.57 Å². The second-order valence-corrected chi connectivity index (χ2v) is 7.17. The third kappa shape index (κ3) is 3.08. The van der Waals surface area contributed by atoms with Gasteiger partial charge in [-0.15, -0.1) is 0 Å². The van der Waals surface area contributed by atoms with Gasteiger partial charge in [-0.2, -0.15) is 0 Å². The number of rotatable bonds is 4. The fraction of sp³-hybridized carbons (Fsp3) is 0.160. The third-order valence-corrected chi connectivity index (χ3v) is 5.37. The maximum atomic E-state index is 11.8. The quantitative estimate of drug-likeness (QED) is 0.406. The summed E-state index contributed by atoms with van der Waals surface area (Å²) in [5.41, 5.74) is 7.01. The number of carbonyl (C=O) groups is 1. The molecule has 0 spiro atoms. The number of carbonyl (C=O) groups excluding carboxylic acids is 1. The predicted molar refractivity (Wildman–Crippen MR) is 112 cm³/mol. The highest BCUT2D eigenvalue weighted by atomic mass is 16.1. The van der Waals surface area contributed by atoms with Gasteiger partial charge in [-0.25, -0.2) is 0 Å². The Kier molecular flexibility index (Phi) is 4.41. The molecule has 3 aromatic carbocycles. The van der Waals surface area contributed by atoms with Crippen molar-refractivity contribution in [2.75, 3.05) is 0 Å². The van der Waals surface area contributed by atoms with Gasteiger partial charge in [-0.05, 0) is 67.3 Å². The summed E-state index contributed by atoms with van der Waals surface area (Å²) >= 11 is 0. The zero-order valence-electron chi connectivity index (χ0n) is 15.9.